The Hall–Kier alpha value is -1.51. The average molecular weight is 232 g/mol. The first-order valence-corrected chi connectivity index (χ1v) is 6.13. The number of nitrogens with one attached hydrogen (secondary N) is 1. The van der Waals surface area contributed by atoms with Crippen molar-refractivity contribution in [2.24, 2.45) is 11.1 Å². The molecule has 2 aliphatic carbocycles. The summed E-state index contributed by atoms with van der Waals surface area (Å²) in [7, 11) is 0. The molecule has 2 rings (SSSR count). The number of rotatable bonds is 2. The molecule has 0 aromatic carbocycles. The first-order chi connectivity index (χ1) is 7.96. The van der Waals surface area contributed by atoms with Crippen molar-refractivity contribution in [2.45, 2.75) is 39.5 Å². The van der Waals surface area contributed by atoms with Crippen molar-refractivity contribution >= 4 is 5.78 Å². The van der Waals surface area contributed by atoms with E-state index < -0.39 is 0 Å². The molecule has 0 atom stereocenters. The number of hydrogen-bond acceptors (Lipinski definition) is 3. The maximum atomic E-state index is 11.6. The van der Waals surface area contributed by atoms with Crippen molar-refractivity contribution < 1.29 is 4.79 Å². The lowest BCUT2D eigenvalue weighted by atomic mass is 9.79. The molecule has 3 heteroatoms. The summed E-state index contributed by atoms with van der Waals surface area (Å²) in [5.74, 6) is 0.197. The Morgan fingerprint density at radius 2 is 1.94 bits per heavy atom. The van der Waals surface area contributed by atoms with E-state index in [-0.39, 0.29) is 11.2 Å². The van der Waals surface area contributed by atoms with Crippen molar-refractivity contribution in [3.63, 3.8) is 0 Å². The molecule has 0 aromatic heterocycles. The summed E-state index contributed by atoms with van der Waals surface area (Å²) in [4.78, 5) is 11.6. The Labute approximate surface area is 102 Å². The van der Waals surface area contributed by atoms with Gasteiger partial charge >= 0.3 is 0 Å². The van der Waals surface area contributed by atoms with Gasteiger partial charge in [0.25, 0.3) is 0 Å². The third-order valence-electron chi connectivity index (χ3n) is 3.14. The van der Waals surface area contributed by atoms with Gasteiger partial charge in [-0.1, -0.05) is 26.0 Å². The summed E-state index contributed by atoms with van der Waals surface area (Å²) in [6.07, 6.45) is 9.37. The van der Waals surface area contributed by atoms with Crippen LogP contribution in [0.2, 0.25) is 0 Å². The van der Waals surface area contributed by atoms with Crippen LogP contribution < -0.4 is 11.1 Å². The van der Waals surface area contributed by atoms with Gasteiger partial charge in [-0.2, -0.15) is 0 Å². The molecule has 0 amide bonds. The van der Waals surface area contributed by atoms with Crippen molar-refractivity contribution in [3.05, 3.63) is 35.3 Å². The Balaban J connectivity index is 2.11. The summed E-state index contributed by atoms with van der Waals surface area (Å²) in [5, 5.41) is 3.30. The minimum Gasteiger partial charge on any atom is -0.397 e. The molecule has 0 saturated carbocycles. The monoisotopic (exact) mass is 232 g/mol. The Bertz CT molecular complexity index is 428. The summed E-state index contributed by atoms with van der Waals surface area (Å²) in [6, 6.07) is 0. The van der Waals surface area contributed by atoms with E-state index in [0.717, 1.165) is 36.4 Å². The molecule has 17 heavy (non-hydrogen) atoms. The first kappa shape index (κ1) is 12.0. The van der Waals surface area contributed by atoms with E-state index >= 15 is 0 Å². The predicted octanol–water partition coefficient (Wildman–Crippen LogP) is 2.37. The van der Waals surface area contributed by atoms with Crippen LogP contribution in [-0.2, 0) is 4.79 Å². The van der Waals surface area contributed by atoms with Crippen molar-refractivity contribution in [1.82, 2.24) is 5.32 Å². The van der Waals surface area contributed by atoms with Gasteiger partial charge in [0.2, 0.25) is 0 Å². The van der Waals surface area contributed by atoms with Gasteiger partial charge in [-0.25, -0.2) is 0 Å². The van der Waals surface area contributed by atoms with Gasteiger partial charge in [-0.05, 0) is 24.7 Å². The second-order valence-electron chi connectivity index (χ2n) is 5.63. The minimum atomic E-state index is 0.0435. The topological polar surface area (TPSA) is 55.1 Å². The minimum absolute atomic E-state index is 0.0435. The van der Waals surface area contributed by atoms with Gasteiger partial charge in [-0.15, -0.1) is 0 Å². The van der Waals surface area contributed by atoms with E-state index in [2.05, 4.69) is 25.2 Å². The van der Waals surface area contributed by atoms with Crippen LogP contribution >= 0.6 is 0 Å². The average Bonchev–Trinajstić information content (AvgIpc) is 2.18. The van der Waals surface area contributed by atoms with Gasteiger partial charge in [0.05, 0.1) is 11.4 Å². The molecule has 0 spiro atoms. The molecule has 0 bridgehead atoms. The molecule has 3 N–H and O–H groups in total. The zero-order valence-electron chi connectivity index (χ0n) is 10.5. The van der Waals surface area contributed by atoms with Crippen LogP contribution in [0.15, 0.2) is 35.3 Å². The quantitative estimate of drug-likeness (QED) is 0.768. The zero-order chi connectivity index (χ0) is 12.5. The number of carbonyl (C=O) groups excluding carboxylic acids is 1. The predicted molar refractivity (Wildman–Crippen MR) is 68.8 cm³/mol. The van der Waals surface area contributed by atoms with Crippen molar-refractivity contribution in [3.8, 4) is 0 Å². The fraction of sp³-hybridized carbons (Fsp3) is 0.500. The van der Waals surface area contributed by atoms with Gasteiger partial charge in [0, 0.05) is 18.2 Å². The smallest absolute Gasteiger partial charge is 0.157 e. The molecule has 0 radical (unpaired) electrons. The molecule has 2 aliphatic rings. The van der Waals surface area contributed by atoms with Gasteiger partial charge < -0.3 is 11.1 Å². The summed E-state index contributed by atoms with van der Waals surface area (Å²) in [5.41, 5.74) is 8.68. The summed E-state index contributed by atoms with van der Waals surface area (Å²) >= 11 is 0. The van der Waals surface area contributed by atoms with Gasteiger partial charge in [0.15, 0.2) is 5.78 Å². The maximum absolute atomic E-state index is 11.6. The van der Waals surface area contributed by atoms with Gasteiger partial charge in [0.1, 0.15) is 0 Å². The molecule has 0 heterocycles. The van der Waals surface area contributed by atoms with Crippen LogP contribution in [0.4, 0.5) is 0 Å². The molecular weight excluding hydrogens is 212 g/mol. The van der Waals surface area contributed by atoms with E-state index in [9.17, 15) is 4.79 Å². The van der Waals surface area contributed by atoms with Crippen LogP contribution in [0.5, 0.6) is 0 Å². The molecule has 0 aromatic rings. The molecule has 0 fully saturated rings. The van der Waals surface area contributed by atoms with Crippen LogP contribution in [0.3, 0.4) is 0 Å². The number of carbonyl (C=O) groups is 1. The lowest BCUT2D eigenvalue weighted by Crippen LogP contribution is -2.29. The third-order valence-corrected chi connectivity index (χ3v) is 3.14. The lowest BCUT2D eigenvalue weighted by molar-refractivity contribution is -0.117. The largest absolute Gasteiger partial charge is 0.397 e. The highest BCUT2D eigenvalue weighted by atomic mass is 16.1. The fourth-order valence-electron chi connectivity index (χ4n) is 2.42. The van der Waals surface area contributed by atoms with Gasteiger partial charge in [-0.3, -0.25) is 4.79 Å². The van der Waals surface area contributed by atoms with E-state index in [0.29, 0.717) is 6.42 Å². The second kappa shape index (κ2) is 4.40. The normalized spacial score (nSPS) is 23.6. The highest BCUT2D eigenvalue weighted by Crippen LogP contribution is 2.33. The van der Waals surface area contributed by atoms with Crippen LogP contribution in [-0.4, -0.2) is 5.78 Å². The molecule has 0 aliphatic heterocycles. The molecule has 0 saturated heterocycles. The van der Waals surface area contributed by atoms with E-state index in [4.69, 9.17) is 5.73 Å². The second-order valence-corrected chi connectivity index (χ2v) is 5.63. The molecular formula is C14H20N2O. The Kier molecular flexibility index (Phi) is 3.09. The molecule has 92 valence electrons. The molecule has 3 nitrogen and oxygen atoms in total. The maximum Gasteiger partial charge on any atom is 0.157 e. The van der Waals surface area contributed by atoms with Crippen LogP contribution in [0.1, 0.15) is 39.5 Å². The fourth-order valence-corrected chi connectivity index (χ4v) is 2.42. The number of ketones is 1. The first-order valence-electron chi connectivity index (χ1n) is 6.13. The van der Waals surface area contributed by atoms with Crippen LogP contribution in [0.25, 0.3) is 0 Å². The molecule has 0 unspecified atom stereocenters. The van der Waals surface area contributed by atoms with E-state index in [1.54, 1.807) is 6.08 Å². The van der Waals surface area contributed by atoms with Crippen molar-refractivity contribution in [1.29, 1.82) is 0 Å². The summed E-state index contributed by atoms with van der Waals surface area (Å²) in [6.45, 7) is 4.24. The van der Waals surface area contributed by atoms with E-state index in [1.807, 2.05) is 6.08 Å². The number of allylic oxidation sites excluding steroid dienone is 4. The lowest BCUT2D eigenvalue weighted by Gasteiger charge is -2.30. The number of nitrogens with two attached hydrogens (primary N) is 1. The number of hydrogen-bond donors (Lipinski definition) is 2. The zero-order valence-corrected chi connectivity index (χ0v) is 10.5. The Morgan fingerprint density at radius 1 is 1.24 bits per heavy atom. The summed E-state index contributed by atoms with van der Waals surface area (Å²) < 4.78 is 0. The SMILES string of the molecule is CC1(C)CC(=O)C=C(NC2=CCCC=C2N)C1. The third kappa shape index (κ3) is 2.99. The van der Waals surface area contributed by atoms with E-state index in [1.165, 1.54) is 0 Å². The highest BCUT2D eigenvalue weighted by molar-refractivity contribution is 5.91. The van der Waals surface area contributed by atoms with Crippen LogP contribution in [0, 0.1) is 5.41 Å². The Morgan fingerprint density at radius 3 is 2.59 bits per heavy atom. The standard InChI is InChI=1S/C14H20N2O/c1-14(2)8-10(7-11(17)9-14)16-13-6-4-3-5-12(13)15/h5-7,16H,3-4,8-9,15H2,1-2H3. The van der Waals surface area contributed by atoms with Crippen molar-refractivity contribution in [2.75, 3.05) is 0 Å². The highest BCUT2D eigenvalue weighted by Gasteiger charge is 2.27.